The van der Waals surface area contributed by atoms with Gasteiger partial charge in [-0.05, 0) is 56.2 Å². The molecule has 2 aromatic rings. The zero-order valence-electron chi connectivity index (χ0n) is 19.0. The van der Waals surface area contributed by atoms with Gasteiger partial charge >= 0.3 is 6.09 Å². The molecule has 4 atom stereocenters. The van der Waals surface area contributed by atoms with Gasteiger partial charge in [-0.1, -0.05) is 18.5 Å². The summed E-state index contributed by atoms with van der Waals surface area (Å²) in [7, 11) is 1.51. The van der Waals surface area contributed by atoms with Crippen LogP contribution in [0.25, 0.3) is 0 Å². The van der Waals surface area contributed by atoms with E-state index < -0.39 is 29.5 Å². The first-order chi connectivity index (χ1) is 16.1. The number of carbonyl (C=O) groups excluding carboxylic acids is 2. The maximum Gasteiger partial charge on any atom is 0.407 e. The van der Waals surface area contributed by atoms with Gasteiger partial charge in [0, 0.05) is 40.6 Å². The minimum atomic E-state index is -1.60. The molecule has 2 amide bonds. The normalized spacial score (nSPS) is 20.6. The number of rotatable bonds is 7. The molecule has 0 saturated heterocycles. The van der Waals surface area contributed by atoms with Crippen molar-refractivity contribution in [3.8, 4) is 0 Å². The van der Waals surface area contributed by atoms with Crippen LogP contribution in [0.15, 0.2) is 35.2 Å². The molecule has 4 unspecified atom stereocenters. The van der Waals surface area contributed by atoms with Gasteiger partial charge in [-0.15, -0.1) is 11.8 Å². The Morgan fingerprint density at radius 1 is 1.18 bits per heavy atom. The molecule has 0 radical (unpaired) electrons. The van der Waals surface area contributed by atoms with Crippen LogP contribution < -0.4 is 10.6 Å². The zero-order valence-corrected chi connectivity index (χ0v) is 20.5. The smallest absolute Gasteiger partial charge is 0.407 e. The second-order valence-corrected chi connectivity index (χ2v) is 10.1. The molecule has 1 fully saturated rings. The van der Waals surface area contributed by atoms with E-state index in [1.165, 1.54) is 13.1 Å². The molecular formula is C24H26ClF3N2O3S. The lowest BCUT2D eigenvalue weighted by Crippen LogP contribution is -2.27. The molecule has 34 heavy (non-hydrogen) atoms. The van der Waals surface area contributed by atoms with Crippen LogP contribution in [0.3, 0.4) is 0 Å². The Kier molecular flexibility index (Phi) is 8.76. The van der Waals surface area contributed by atoms with Crippen LogP contribution >= 0.6 is 23.4 Å². The fourth-order valence-electron chi connectivity index (χ4n) is 4.16. The lowest BCUT2D eigenvalue weighted by Gasteiger charge is -2.25. The Morgan fingerprint density at radius 2 is 1.85 bits per heavy atom. The molecule has 1 aliphatic carbocycles. The number of amides is 2. The summed E-state index contributed by atoms with van der Waals surface area (Å²) in [5.41, 5.74) is 0.0516. The van der Waals surface area contributed by atoms with Crippen LogP contribution in [0.5, 0.6) is 0 Å². The average Bonchev–Trinajstić information content (AvgIpc) is 3.12. The van der Waals surface area contributed by atoms with E-state index in [-0.39, 0.29) is 22.6 Å². The molecular weight excluding hydrogens is 489 g/mol. The van der Waals surface area contributed by atoms with E-state index >= 15 is 0 Å². The van der Waals surface area contributed by atoms with Crippen molar-refractivity contribution in [3.63, 3.8) is 0 Å². The molecule has 0 heterocycles. The fraction of sp³-hybridized carbons (Fsp3) is 0.417. The van der Waals surface area contributed by atoms with Crippen LogP contribution in [0.1, 0.15) is 43.5 Å². The van der Waals surface area contributed by atoms with Gasteiger partial charge < -0.3 is 15.4 Å². The van der Waals surface area contributed by atoms with E-state index in [1.807, 2.05) is 6.92 Å². The maximum absolute atomic E-state index is 13.5. The van der Waals surface area contributed by atoms with Crippen molar-refractivity contribution in [2.75, 3.05) is 12.4 Å². The second-order valence-electron chi connectivity index (χ2n) is 8.45. The molecule has 0 aliphatic heterocycles. The molecule has 2 N–H and O–H groups in total. The number of thioether (sulfide) groups is 1. The summed E-state index contributed by atoms with van der Waals surface area (Å²) in [6, 6.07) is 6.16. The zero-order chi connectivity index (χ0) is 25.0. The predicted octanol–water partition coefficient (Wildman–Crippen LogP) is 6.65. The van der Waals surface area contributed by atoms with E-state index in [4.69, 9.17) is 16.3 Å². The van der Waals surface area contributed by atoms with Gasteiger partial charge in [0.15, 0.2) is 17.5 Å². The van der Waals surface area contributed by atoms with Crippen molar-refractivity contribution in [2.24, 2.45) is 11.8 Å². The van der Waals surface area contributed by atoms with Crippen molar-refractivity contribution < 1.29 is 27.5 Å². The summed E-state index contributed by atoms with van der Waals surface area (Å²) in [4.78, 5) is 24.9. The van der Waals surface area contributed by atoms with Gasteiger partial charge in [-0.3, -0.25) is 4.79 Å². The molecule has 3 rings (SSSR count). The van der Waals surface area contributed by atoms with Gasteiger partial charge in [0.2, 0.25) is 0 Å². The van der Waals surface area contributed by atoms with Crippen molar-refractivity contribution in [1.82, 2.24) is 5.32 Å². The summed E-state index contributed by atoms with van der Waals surface area (Å²) < 4.78 is 45.5. The molecule has 10 heteroatoms. The number of hydrogen-bond donors (Lipinski definition) is 2. The summed E-state index contributed by atoms with van der Waals surface area (Å²) in [6.45, 7) is 4.02. The molecule has 184 valence electrons. The Bertz CT molecular complexity index is 1050. The van der Waals surface area contributed by atoms with Crippen molar-refractivity contribution in [3.05, 3.63) is 58.4 Å². The molecule has 5 nitrogen and oxygen atoms in total. The van der Waals surface area contributed by atoms with Gasteiger partial charge in [0.05, 0.1) is 5.02 Å². The third-order valence-electron chi connectivity index (χ3n) is 5.86. The summed E-state index contributed by atoms with van der Waals surface area (Å²) in [5.74, 6) is -4.30. The first kappa shape index (κ1) is 26.2. The number of carbonyl (C=O) groups is 2. The Morgan fingerprint density at radius 3 is 2.50 bits per heavy atom. The number of alkyl carbamates (subject to hydrolysis) is 1. The van der Waals surface area contributed by atoms with Crippen LogP contribution in [0.4, 0.5) is 23.7 Å². The van der Waals surface area contributed by atoms with E-state index in [9.17, 15) is 22.8 Å². The van der Waals surface area contributed by atoms with Gasteiger partial charge in [0.1, 0.15) is 6.10 Å². The van der Waals surface area contributed by atoms with E-state index in [0.29, 0.717) is 28.2 Å². The fourth-order valence-corrected chi connectivity index (χ4v) is 5.89. The SMILES string of the molecule is CNC(=O)OC(C)CC1CCC(C)C1Sc1cc(C(=O)Nc2cc(F)c(F)c(F)c2)ccc1Cl. The number of ether oxygens (including phenoxy) is 1. The highest BCUT2D eigenvalue weighted by Gasteiger charge is 2.36. The standard InChI is InChI=1S/C24H26ClF3N2O3S/c1-12-4-5-14(8-13(2)33-24(32)29-3)22(12)34-20-9-15(6-7-17(20)25)23(31)30-16-10-18(26)21(28)19(27)11-16/h6-7,9-14,22H,4-5,8H2,1-3H3,(H,29,32)(H,30,31). The topological polar surface area (TPSA) is 67.4 Å². The van der Waals surface area contributed by atoms with Crippen molar-refractivity contribution in [2.45, 2.75) is 49.4 Å². The largest absolute Gasteiger partial charge is 0.447 e. The van der Waals surface area contributed by atoms with Crippen LogP contribution in [-0.4, -0.2) is 30.4 Å². The summed E-state index contributed by atoms with van der Waals surface area (Å²) in [6.07, 6.45) is 2.00. The number of anilines is 1. The van der Waals surface area contributed by atoms with Crippen LogP contribution in [0, 0.1) is 29.3 Å². The third-order valence-corrected chi connectivity index (χ3v) is 8.02. The average molecular weight is 515 g/mol. The highest BCUT2D eigenvalue weighted by molar-refractivity contribution is 8.00. The molecule has 2 aromatic carbocycles. The van der Waals surface area contributed by atoms with E-state index in [1.54, 1.807) is 23.9 Å². The summed E-state index contributed by atoms with van der Waals surface area (Å²) >= 11 is 7.98. The number of hydrogen-bond acceptors (Lipinski definition) is 4. The highest BCUT2D eigenvalue weighted by Crippen LogP contribution is 2.46. The van der Waals surface area contributed by atoms with Crippen molar-refractivity contribution >= 4 is 41.1 Å². The second kappa shape index (κ2) is 11.4. The van der Waals surface area contributed by atoms with E-state index in [0.717, 1.165) is 25.0 Å². The Hall–Kier alpha value is -2.39. The molecule has 1 saturated carbocycles. The molecule has 0 bridgehead atoms. The monoisotopic (exact) mass is 514 g/mol. The van der Waals surface area contributed by atoms with Crippen LogP contribution in [0.2, 0.25) is 5.02 Å². The van der Waals surface area contributed by atoms with Gasteiger partial charge in [-0.25, -0.2) is 18.0 Å². The maximum atomic E-state index is 13.5. The van der Waals surface area contributed by atoms with Gasteiger partial charge in [-0.2, -0.15) is 0 Å². The van der Waals surface area contributed by atoms with Crippen molar-refractivity contribution in [1.29, 1.82) is 0 Å². The quantitative estimate of drug-likeness (QED) is 0.406. The number of halogens is 4. The highest BCUT2D eigenvalue weighted by atomic mass is 35.5. The Balaban J connectivity index is 1.73. The lowest BCUT2D eigenvalue weighted by atomic mass is 9.99. The first-order valence-corrected chi connectivity index (χ1v) is 12.1. The van der Waals surface area contributed by atoms with E-state index in [2.05, 4.69) is 17.6 Å². The predicted molar refractivity (Wildman–Crippen MR) is 127 cm³/mol. The minimum absolute atomic E-state index is 0.194. The first-order valence-electron chi connectivity index (χ1n) is 10.9. The molecule has 0 aromatic heterocycles. The Labute approximate surface area is 205 Å². The third kappa shape index (κ3) is 6.39. The number of benzene rings is 2. The van der Waals surface area contributed by atoms with Gasteiger partial charge in [0.25, 0.3) is 5.91 Å². The molecule has 1 aliphatic rings. The minimum Gasteiger partial charge on any atom is -0.447 e. The van der Waals surface area contributed by atoms with Crippen LogP contribution in [-0.2, 0) is 4.74 Å². The molecule has 0 spiro atoms. The lowest BCUT2D eigenvalue weighted by molar-refractivity contribution is 0.0946. The summed E-state index contributed by atoms with van der Waals surface area (Å²) in [5, 5.41) is 5.51. The number of nitrogens with one attached hydrogen (secondary N) is 2.